The molecule has 2 aromatic rings. The number of hydrogen-bond donors (Lipinski definition) is 0. The van der Waals surface area contributed by atoms with Gasteiger partial charge in [0.15, 0.2) is 0 Å². The Balaban J connectivity index is 2.69. The first-order chi connectivity index (χ1) is 8.95. The number of halogens is 3. The van der Waals surface area contributed by atoms with Crippen LogP contribution in [0.4, 0.5) is 4.39 Å². The summed E-state index contributed by atoms with van der Waals surface area (Å²) >= 11 is 9.96. The number of thioether (sulfide) groups is 1. The zero-order valence-corrected chi connectivity index (χ0v) is 14.7. The van der Waals surface area contributed by atoms with Crippen molar-refractivity contribution in [1.82, 2.24) is 9.55 Å². The summed E-state index contributed by atoms with van der Waals surface area (Å²) in [6, 6.07) is 3.57. The van der Waals surface area contributed by atoms with Crippen LogP contribution in [0.2, 0.25) is 0 Å². The summed E-state index contributed by atoms with van der Waals surface area (Å²) in [4.78, 5) is 4.57. The molecule has 6 heteroatoms. The summed E-state index contributed by atoms with van der Waals surface area (Å²) < 4.78 is 16.4. The summed E-state index contributed by atoms with van der Waals surface area (Å²) in [5, 5.41) is -0.197. The summed E-state index contributed by atoms with van der Waals surface area (Å²) in [7, 11) is 0. The van der Waals surface area contributed by atoms with E-state index in [0.29, 0.717) is 3.57 Å². The lowest BCUT2D eigenvalue weighted by Gasteiger charge is -2.17. The van der Waals surface area contributed by atoms with E-state index >= 15 is 0 Å². The van der Waals surface area contributed by atoms with Gasteiger partial charge >= 0.3 is 0 Å². The van der Waals surface area contributed by atoms with Crippen LogP contribution < -0.4 is 0 Å². The second-order valence-electron chi connectivity index (χ2n) is 4.52. The van der Waals surface area contributed by atoms with E-state index in [9.17, 15) is 4.39 Å². The highest BCUT2D eigenvalue weighted by molar-refractivity contribution is 14.1. The van der Waals surface area contributed by atoms with E-state index in [1.54, 1.807) is 23.9 Å². The zero-order valence-electron chi connectivity index (χ0n) is 11.0. The van der Waals surface area contributed by atoms with Gasteiger partial charge in [-0.25, -0.2) is 9.37 Å². The van der Waals surface area contributed by atoms with Crippen LogP contribution in [-0.2, 0) is 0 Å². The Bertz CT molecular complexity index is 600. The fourth-order valence-electron chi connectivity index (χ4n) is 2.17. The lowest BCUT2D eigenvalue weighted by molar-refractivity contribution is 0.588. The molecule has 1 aromatic carbocycles. The van der Waals surface area contributed by atoms with Crippen molar-refractivity contribution in [3.8, 4) is 0 Å². The first-order valence-corrected chi connectivity index (χ1v) is 8.86. The van der Waals surface area contributed by atoms with E-state index in [4.69, 9.17) is 11.6 Å². The number of nitrogens with zero attached hydrogens (tertiary/aromatic N) is 2. The molecule has 2 unspecified atom stereocenters. The number of hydrogen-bond acceptors (Lipinski definition) is 2. The first-order valence-electron chi connectivity index (χ1n) is 5.95. The number of fused-ring (bicyclic) bond motifs is 1. The van der Waals surface area contributed by atoms with Crippen molar-refractivity contribution in [1.29, 1.82) is 0 Å². The van der Waals surface area contributed by atoms with Crippen LogP contribution in [0.15, 0.2) is 12.1 Å². The standard InChI is InChI=1S/C13H15ClFIN2S/c1-7(6-19-3)18-12-4-9(15)10(16)5-11(12)17-13(18)8(2)14/h4-5,7-8H,6H2,1-3H3. The van der Waals surface area contributed by atoms with Crippen LogP contribution in [0.1, 0.15) is 31.1 Å². The van der Waals surface area contributed by atoms with E-state index in [1.165, 1.54) is 0 Å². The molecule has 0 saturated carbocycles. The van der Waals surface area contributed by atoms with Crippen molar-refractivity contribution < 1.29 is 4.39 Å². The van der Waals surface area contributed by atoms with Crippen molar-refractivity contribution in [2.24, 2.45) is 0 Å². The highest BCUT2D eigenvalue weighted by atomic mass is 127. The second kappa shape index (κ2) is 6.18. The lowest BCUT2D eigenvalue weighted by atomic mass is 10.2. The molecule has 0 aliphatic heterocycles. The predicted octanol–water partition coefficient (Wildman–Crippen LogP) is 5.00. The monoisotopic (exact) mass is 412 g/mol. The van der Waals surface area contributed by atoms with Gasteiger partial charge in [-0.1, -0.05) is 0 Å². The third-order valence-electron chi connectivity index (χ3n) is 2.96. The number of aromatic nitrogens is 2. The van der Waals surface area contributed by atoms with Crippen LogP contribution in [0.25, 0.3) is 11.0 Å². The zero-order chi connectivity index (χ0) is 14.2. The minimum atomic E-state index is -0.209. The average molecular weight is 413 g/mol. The molecule has 0 N–H and O–H groups in total. The van der Waals surface area contributed by atoms with Gasteiger partial charge in [-0.2, -0.15) is 11.8 Å². The molecule has 2 rings (SSSR count). The van der Waals surface area contributed by atoms with Crippen LogP contribution in [-0.4, -0.2) is 21.6 Å². The second-order valence-corrected chi connectivity index (χ2v) is 7.24. The van der Waals surface area contributed by atoms with E-state index in [1.807, 2.05) is 29.5 Å². The molecule has 19 heavy (non-hydrogen) atoms. The Kier molecular flexibility index (Phi) is 5.00. The molecule has 104 valence electrons. The van der Waals surface area contributed by atoms with Gasteiger partial charge in [0, 0.05) is 17.9 Å². The Morgan fingerprint density at radius 2 is 2.16 bits per heavy atom. The minimum Gasteiger partial charge on any atom is -0.323 e. The van der Waals surface area contributed by atoms with Crippen molar-refractivity contribution >= 4 is 57.0 Å². The molecular weight excluding hydrogens is 398 g/mol. The van der Waals surface area contributed by atoms with Gasteiger partial charge in [0.05, 0.1) is 20.0 Å². The van der Waals surface area contributed by atoms with Gasteiger partial charge in [0.1, 0.15) is 11.6 Å². The maximum atomic E-state index is 13.8. The molecular formula is C13H15ClFIN2S. The third-order valence-corrected chi connectivity index (χ3v) is 4.80. The van der Waals surface area contributed by atoms with E-state index in [-0.39, 0.29) is 17.2 Å². The minimum absolute atomic E-state index is 0.197. The van der Waals surface area contributed by atoms with Crippen molar-refractivity contribution in [2.75, 3.05) is 12.0 Å². The highest BCUT2D eigenvalue weighted by Gasteiger charge is 2.20. The number of imidazole rings is 1. The van der Waals surface area contributed by atoms with Crippen molar-refractivity contribution in [3.05, 3.63) is 27.3 Å². The average Bonchev–Trinajstić information content (AvgIpc) is 2.69. The molecule has 0 amide bonds. The molecule has 0 fully saturated rings. The van der Waals surface area contributed by atoms with E-state index in [0.717, 1.165) is 22.6 Å². The molecule has 2 atom stereocenters. The molecule has 1 aromatic heterocycles. The number of rotatable bonds is 4. The molecule has 0 spiro atoms. The van der Waals surface area contributed by atoms with Crippen LogP contribution in [0, 0.1) is 9.39 Å². The predicted molar refractivity (Wildman–Crippen MR) is 89.8 cm³/mol. The molecule has 1 heterocycles. The van der Waals surface area contributed by atoms with Gasteiger partial charge in [0.25, 0.3) is 0 Å². The Morgan fingerprint density at radius 3 is 2.74 bits per heavy atom. The molecule has 0 radical (unpaired) electrons. The van der Waals surface area contributed by atoms with E-state index < -0.39 is 0 Å². The van der Waals surface area contributed by atoms with E-state index in [2.05, 4.69) is 22.7 Å². The third kappa shape index (κ3) is 3.03. The summed E-state index contributed by atoms with van der Waals surface area (Å²) in [6.07, 6.45) is 2.06. The Hall–Kier alpha value is -0.0100. The molecule has 0 aliphatic carbocycles. The van der Waals surface area contributed by atoms with Gasteiger partial charge in [-0.05, 0) is 48.8 Å². The summed E-state index contributed by atoms with van der Waals surface area (Å²) in [5.74, 6) is 1.54. The normalized spacial score (nSPS) is 14.8. The Labute approximate surface area is 135 Å². The van der Waals surface area contributed by atoms with Crippen molar-refractivity contribution in [3.63, 3.8) is 0 Å². The maximum absolute atomic E-state index is 13.8. The van der Waals surface area contributed by atoms with Crippen LogP contribution in [0.5, 0.6) is 0 Å². The van der Waals surface area contributed by atoms with Gasteiger partial charge < -0.3 is 4.57 Å². The maximum Gasteiger partial charge on any atom is 0.138 e. The topological polar surface area (TPSA) is 17.8 Å². The van der Waals surface area contributed by atoms with Crippen molar-refractivity contribution in [2.45, 2.75) is 25.3 Å². The smallest absolute Gasteiger partial charge is 0.138 e. The Morgan fingerprint density at radius 1 is 1.47 bits per heavy atom. The van der Waals surface area contributed by atoms with Crippen LogP contribution in [0.3, 0.4) is 0 Å². The summed E-state index contributed by atoms with van der Waals surface area (Å²) in [6.45, 7) is 4.00. The largest absolute Gasteiger partial charge is 0.323 e. The van der Waals surface area contributed by atoms with Gasteiger partial charge in [0.2, 0.25) is 0 Å². The fourth-order valence-corrected chi connectivity index (χ4v) is 3.40. The highest BCUT2D eigenvalue weighted by Crippen LogP contribution is 2.30. The molecule has 0 aliphatic rings. The van der Waals surface area contributed by atoms with Gasteiger partial charge in [-0.3, -0.25) is 0 Å². The van der Waals surface area contributed by atoms with Gasteiger partial charge in [-0.15, -0.1) is 11.6 Å². The number of benzene rings is 1. The first kappa shape index (κ1) is 15.4. The molecule has 0 saturated heterocycles. The SMILES string of the molecule is CSCC(C)n1c(C(C)Cl)nc2cc(I)c(F)cc21. The molecule has 0 bridgehead atoms. The quantitative estimate of drug-likeness (QED) is 0.519. The van der Waals surface area contributed by atoms with Crippen LogP contribution >= 0.6 is 46.0 Å². The summed E-state index contributed by atoms with van der Waals surface area (Å²) in [5.41, 5.74) is 1.63. The molecule has 2 nitrogen and oxygen atoms in total. The number of alkyl halides is 1. The lowest BCUT2D eigenvalue weighted by Crippen LogP contribution is -2.12. The fraction of sp³-hybridized carbons (Fsp3) is 0.462.